The molecule has 60 heavy (non-hydrogen) atoms. The number of benzene rings is 4. The summed E-state index contributed by atoms with van der Waals surface area (Å²) in [6.07, 6.45) is 0. The molecule has 0 aromatic heterocycles. The van der Waals surface area contributed by atoms with E-state index in [2.05, 4.69) is 218 Å². The molecule has 6 rings (SSSR count). The molecule has 0 bridgehead atoms. The van der Waals surface area contributed by atoms with Crippen LogP contribution in [0.15, 0.2) is 84.9 Å². The van der Waals surface area contributed by atoms with Gasteiger partial charge in [-0.1, -0.05) is 213 Å². The minimum absolute atomic E-state index is 0.519. The van der Waals surface area contributed by atoms with E-state index < -0.39 is 53.1 Å². The van der Waals surface area contributed by atoms with Crippen LogP contribution < -0.4 is 20.7 Å². The predicted molar refractivity (Wildman–Crippen MR) is 289 cm³/mol. The molecule has 0 fully saturated rings. The molecule has 322 valence electrons. The van der Waals surface area contributed by atoms with E-state index in [0.29, 0.717) is 11.8 Å². The van der Waals surface area contributed by atoms with Crippen LogP contribution >= 0.6 is 17.0 Å². The Morgan fingerprint density at radius 1 is 0.467 bits per heavy atom. The van der Waals surface area contributed by atoms with Gasteiger partial charge in [-0.15, -0.1) is 69.1 Å². The normalized spacial score (nSPS) is 12.1. The predicted octanol–water partition coefficient (Wildman–Crippen LogP) is 15.7. The van der Waals surface area contributed by atoms with Crippen molar-refractivity contribution in [3.05, 3.63) is 107 Å². The fourth-order valence-corrected chi connectivity index (χ4v) is 12.8. The zero-order valence-corrected chi connectivity index (χ0v) is 50.0. The summed E-state index contributed by atoms with van der Waals surface area (Å²) < 4.78 is 0. The van der Waals surface area contributed by atoms with Crippen molar-refractivity contribution < 1.29 is 20.8 Å². The van der Waals surface area contributed by atoms with Crippen LogP contribution in [0.2, 0.25) is 91.7 Å². The van der Waals surface area contributed by atoms with Gasteiger partial charge in [0.25, 0.3) is 0 Å². The molecule has 0 unspecified atom stereocenters. The van der Waals surface area contributed by atoms with Crippen LogP contribution in [0.4, 0.5) is 0 Å². The van der Waals surface area contributed by atoms with Gasteiger partial charge in [-0.3, -0.25) is 0 Å². The molecule has 0 amide bonds. The Labute approximate surface area is 392 Å². The van der Waals surface area contributed by atoms with Crippen molar-refractivity contribution in [1.29, 1.82) is 0 Å². The number of rotatable bonds is 8. The number of halogens is 2. The second-order valence-corrected chi connectivity index (χ2v) is 46.7. The molecule has 0 heterocycles. The summed E-state index contributed by atoms with van der Waals surface area (Å²) in [5.74, 6) is 1.04. The molecule has 0 aliphatic heterocycles. The fraction of sp³-hybridized carbons (Fsp3) is 0.423. The Kier molecular flexibility index (Phi) is 19.0. The number of hydrogen-bond acceptors (Lipinski definition) is 0. The average Bonchev–Trinajstić information content (AvgIpc) is 3.70. The first kappa shape index (κ1) is 53.0. The van der Waals surface area contributed by atoms with Crippen molar-refractivity contribution in [3.8, 4) is 22.3 Å². The second-order valence-electron chi connectivity index (χ2n) is 21.6. The van der Waals surface area contributed by atoms with Gasteiger partial charge in [0.05, 0.1) is 32.3 Å². The topological polar surface area (TPSA) is 0 Å². The van der Waals surface area contributed by atoms with Gasteiger partial charge in [-0.05, 0) is 23.0 Å². The molecule has 0 saturated carbocycles. The van der Waals surface area contributed by atoms with Crippen LogP contribution in [0.3, 0.4) is 0 Å². The van der Waals surface area contributed by atoms with Crippen LogP contribution in [0.1, 0.15) is 61.8 Å². The van der Waals surface area contributed by atoms with Crippen molar-refractivity contribution in [2.45, 2.75) is 145 Å². The molecule has 0 nitrogen and oxygen atoms in total. The van der Waals surface area contributed by atoms with Crippen LogP contribution in [-0.4, -0.2) is 41.8 Å². The standard InChI is InChI=1S/2C25H35Si2.C2H6Si.2ClH.Zr/c2*1-17(2)23-11-10-19-12-18(3)13-24(19)25(23)20-14-21(26(4,5)6)16-22(15-20)27(7,8)9;1-3-2;;;/h2*10-17H,1-9H3;1-2H3;2*1H;/q2*-1;;;;+4/p-2. The van der Waals surface area contributed by atoms with Crippen LogP contribution in [0.5, 0.6) is 0 Å². The third kappa shape index (κ3) is 13.8. The molecule has 0 saturated heterocycles. The first-order valence-corrected chi connectivity index (χ1v) is 44.2. The van der Waals surface area contributed by atoms with Crippen molar-refractivity contribution in [2.75, 3.05) is 0 Å². The number of hydrogen-bond donors (Lipinski definition) is 0. The first-order valence-electron chi connectivity index (χ1n) is 21.9. The van der Waals surface area contributed by atoms with Crippen molar-refractivity contribution >= 4 is 101 Å². The maximum atomic E-state index is 4.93. The Morgan fingerprint density at radius 2 is 0.717 bits per heavy atom. The monoisotopic (exact) mass is 1000 g/mol. The molecule has 2 radical (unpaired) electrons. The van der Waals surface area contributed by atoms with E-state index in [1.54, 1.807) is 20.7 Å². The van der Waals surface area contributed by atoms with Crippen LogP contribution in [0, 0.1) is 13.8 Å². The molecule has 0 aliphatic carbocycles. The third-order valence-electron chi connectivity index (χ3n) is 11.3. The van der Waals surface area contributed by atoms with Gasteiger partial charge in [-0.25, -0.2) is 0 Å². The van der Waals surface area contributed by atoms with Crippen LogP contribution in [-0.2, 0) is 20.8 Å². The number of fused-ring (bicyclic) bond motifs is 2. The van der Waals surface area contributed by atoms with E-state index in [1.165, 1.54) is 66.1 Å². The first-order chi connectivity index (χ1) is 27.6. The Hall–Kier alpha value is -1.35. The van der Waals surface area contributed by atoms with Crippen LogP contribution in [0.25, 0.3) is 43.8 Å². The van der Waals surface area contributed by atoms with Gasteiger partial charge >= 0.3 is 37.9 Å². The molecule has 6 aromatic rings. The zero-order valence-electron chi connectivity index (χ0n) is 41.0. The summed E-state index contributed by atoms with van der Waals surface area (Å²) in [6, 6.07) is 33.9. The molecule has 6 aromatic carbocycles. The Balaban J connectivity index is 0.000000283. The second kappa shape index (κ2) is 21.6. The van der Waals surface area contributed by atoms with Crippen molar-refractivity contribution in [3.63, 3.8) is 0 Å². The zero-order chi connectivity index (χ0) is 45.7. The number of aryl methyl sites for hydroxylation is 2. The molecular weight excluding hydrogens is 927 g/mol. The van der Waals surface area contributed by atoms with Gasteiger partial charge in [0.15, 0.2) is 0 Å². The molecule has 0 aliphatic rings. The SMILES string of the molecule is C[Si]C.Cc1cc2c(-c3cc([Si](C)(C)C)cc([Si](C)(C)C)c3)c(C(C)C)ccc2[cH-]1.Cc1cc2c(-c3cc([Si](C)(C)C)cc([Si](C)(C)C)c3)c(C(C)C)ccc2[cH-]1.[Cl][Zr+2][Cl]. The summed E-state index contributed by atoms with van der Waals surface area (Å²) in [7, 11) is 5.38. The fourth-order valence-electron chi connectivity index (χ4n) is 7.78. The Morgan fingerprint density at radius 3 is 0.933 bits per heavy atom. The van der Waals surface area contributed by atoms with Gasteiger partial charge in [-0.2, -0.15) is 12.1 Å². The molecular formula is C52H76Cl2Si5Zr. The van der Waals surface area contributed by atoms with Gasteiger partial charge in [0.1, 0.15) is 0 Å². The van der Waals surface area contributed by atoms with Gasteiger partial charge < -0.3 is 0 Å². The summed E-state index contributed by atoms with van der Waals surface area (Å²) in [5, 5.41) is 12.0. The molecule has 0 atom stereocenters. The van der Waals surface area contributed by atoms with Gasteiger partial charge in [0.2, 0.25) is 0 Å². The quantitative estimate of drug-likeness (QED) is 0.105. The summed E-state index contributed by atoms with van der Waals surface area (Å²) in [6.45, 7) is 47.6. The van der Waals surface area contributed by atoms with Crippen molar-refractivity contribution in [1.82, 2.24) is 0 Å². The van der Waals surface area contributed by atoms with Crippen molar-refractivity contribution in [2.24, 2.45) is 0 Å². The van der Waals surface area contributed by atoms with E-state index in [-0.39, 0.29) is 0 Å². The van der Waals surface area contributed by atoms with Gasteiger partial charge in [0, 0.05) is 9.52 Å². The van der Waals surface area contributed by atoms with E-state index in [1.807, 2.05) is 0 Å². The maximum absolute atomic E-state index is 4.93. The minimum atomic E-state index is -1.39. The van der Waals surface area contributed by atoms with E-state index >= 15 is 0 Å². The summed E-state index contributed by atoms with van der Waals surface area (Å²) in [4.78, 5) is 0. The third-order valence-corrected chi connectivity index (χ3v) is 19.4. The van der Waals surface area contributed by atoms with E-state index in [0.717, 1.165) is 9.52 Å². The molecule has 8 heteroatoms. The molecule has 0 spiro atoms. The van der Waals surface area contributed by atoms with E-state index in [4.69, 9.17) is 17.0 Å². The van der Waals surface area contributed by atoms with E-state index in [9.17, 15) is 0 Å². The Bertz CT molecular complexity index is 2110. The summed E-state index contributed by atoms with van der Waals surface area (Å²) in [5.41, 5.74) is 11.5. The summed E-state index contributed by atoms with van der Waals surface area (Å²) >= 11 is -0.826. The average molecular weight is 1000 g/mol. The molecule has 0 N–H and O–H groups in total.